The molecule has 0 heterocycles. The van der Waals surface area contributed by atoms with Gasteiger partial charge in [0.05, 0.1) is 6.00 Å². The summed E-state index contributed by atoms with van der Waals surface area (Å²) in [6.07, 6.45) is 0. The van der Waals surface area contributed by atoms with Crippen LogP contribution in [0.3, 0.4) is 0 Å². The quantitative estimate of drug-likeness (QED) is 0.519. The van der Waals surface area contributed by atoms with E-state index in [2.05, 4.69) is 0 Å². The minimum Gasteiger partial charge on any atom is -0.289 e. The van der Waals surface area contributed by atoms with Crippen molar-refractivity contribution in [2.24, 2.45) is 0 Å². The molecule has 0 fully saturated rings. The van der Waals surface area contributed by atoms with Crippen LogP contribution in [0.4, 0.5) is 4.39 Å². The molecule has 1 rings (SSSR count). The van der Waals surface area contributed by atoms with Gasteiger partial charge in [-0.1, -0.05) is 18.2 Å². The summed E-state index contributed by atoms with van der Waals surface area (Å²) in [7, 11) is 1.85. The fourth-order valence-electron chi connectivity index (χ4n) is 0.960. The number of benzene rings is 1. The van der Waals surface area contributed by atoms with E-state index >= 15 is 0 Å². The maximum Gasteiger partial charge on any atom is 0.127 e. The van der Waals surface area contributed by atoms with E-state index in [0.717, 1.165) is 0 Å². The molecular formula is C9H11ClFN. The number of hydrogen-bond donors (Lipinski definition) is 0. The molecule has 0 spiro atoms. The first-order chi connectivity index (χ1) is 5.74. The third-order valence-electron chi connectivity index (χ3n) is 1.60. The summed E-state index contributed by atoms with van der Waals surface area (Å²) in [5.41, 5.74) is 0.681. The van der Waals surface area contributed by atoms with Gasteiger partial charge in [0.15, 0.2) is 0 Å². The minimum absolute atomic E-state index is 0.172. The lowest BCUT2D eigenvalue weighted by molar-refractivity contribution is 0.374. The number of halogens is 2. The predicted octanol–water partition coefficient (Wildman–Crippen LogP) is 2.45. The van der Waals surface area contributed by atoms with E-state index in [-0.39, 0.29) is 5.82 Å². The van der Waals surface area contributed by atoms with Gasteiger partial charge in [-0.05, 0) is 13.1 Å². The molecular weight excluding hydrogens is 177 g/mol. The molecule has 1 aromatic carbocycles. The maximum absolute atomic E-state index is 13.0. The van der Waals surface area contributed by atoms with E-state index in [9.17, 15) is 4.39 Å². The molecule has 0 N–H and O–H groups in total. The van der Waals surface area contributed by atoms with Crippen LogP contribution in [0.1, 0.15) is 5.56 Å². The Morgan fingerprint density at radius 3 is 2.67 bits per heavy atom. The molecule has 0 aromatic heterocycles. The first-order valence-electron chi connectivity index (χ1n) is 3.72. The summed E-state index contributed by atoms with van der Waals surface area (Å²) >= 11 is 5.56. The maximum atomic E-state index is 13.0. The zero-order valence-corrected chi connectivity index (χ0v) is 7.68. The molecule has 0 aliphatic heterocycles. The molecule has 3 heteroatoms. The van der Waals surface area contributed by atoms with E-state index in [1.807, 2.05) is 18.0 Å². The largest absolute Gasteiger partial charge is 0.289 e. The van der Waals surface area contributed by atoms with Gasteiger partial charge in [-0.2, -0.15) is 0 Å². The Morgan fingerprint density at radius 1 is 1.42 bits per heavy atom. The first-order valence-corrected chi connectivity index (χ1v) is 4.25. The van der Waals surface area contributed by atoms with Crippen molar-refractivity contribution in [1.82, 2.24) is 4.90 Å². The Bertz CT molecular complexity index is 252. The van der Waals surface area contributed by atoms with Crippen LogP contribution >= 0.6 is 11.6 Å². The molecule has 1 nitrogen and oxygen atoms in total. The van der Waals surface area contributed by atoms with Gasteiger partial charge in [-0.25, -0.2) is 4.39 Å². The number of nitrogens with zero attached hydrogens (tertiary/aromatic N) is 1. The van der Waals surface area contributed by atoms with Crippen molar-refractivity contribution >= 4 is 11.6 Å². The second-order valence-corrected chi connectivity index (χ2v) is 2.96. The summed E-state index contributed by atoms with van der Waals surface area (Å²) in [6, 6.07) is 7.13. The second kappa shape index (κ2) is 4.43. The third kappa shape index (κ3) is 2.47. The zero-order valence-electron chi connectivity index (χ0n) is 6.93. The first kappa shape index (κ1) is 9.49. The number of rotatable bonds is 3. The van der Waals surface area contributed by atoms with E-state index in [0.29, 0.717) is 18.1 Å². The highest BCUT2D eigenvalue weighted by molar-refractivity contribution is 6.17. The molecule has 0 unspecified atom stereocenters. The van der Waals surface area contributed by atoms with Crippen molar-refractivity contribution in [1.29, 1.82) is 0 Å². The molecule has 0 aliphatic rings. The fraction of sp³-hybridized carbons (Fsp3) is 0.333. The van der Waals surface area contributed by atoms with E-state index in [1.165, 1.54) is 6.07 Å². The van der Waals surface area contributed by atoms with E-state index < -0.39 is 0 Å². The Labute approximate surface area is 76.8 Å². The molecule has 1 aromatic rings. The summed E-state index contributed by atoms with van der Waals surface area (Å²) in [5, 5.41) is 0. The highest BCUT2D eigenvalue weighted by atomic mass is 35.5. The molecule has 0 amide bonds. The van der Waals surface area contributed by atoms with E-state index in [4.69, 9.17) is 11.6 Å². The molecule has 12 heavy (non-hydrogen) atoms. The number of hydrogen-bond acceptors (Lipinski definition) is 1. The fourth-order valence-corrected chi connectivity index (χ4v) is 1.04. The van der Waals surface area contributed by atoms with Crippen molar-refractivity contribution in [3.8, 4) is 0 Å². The van der Waals surface area contributed by atoms with Crippen LogP contribution in [0.2, 0.25) is 0 Å². The molecule has 0 radical (unpaired) electrons. The van der Waals surface area contributed by atoms with Gasteiger partial charge in [0.25, 0.3) is 0 Å². The van der Waals surface area contributed by atoms with Gasteiger partial charge >= 0.3 is 0 Å². The summed E-state index contributed by atoms with van der Waals surface area (Å²) in [6.45, 7) is 0.552. The van der Waals surface area contributed by atoms with E-state index in [1.54, 1.807) is 12.1 Å². The lowest BCUT2D eigenvalue weighted by Crippen LogP contribution is -2.16. The second-order valence-electron chi connectivity index (χ2n) is 2.73. The highest BCUT2D eigenvalue weighted by Gasteiger charge is 2.02. The van der Waals surface area contributed by atoms with Crippen molar-refractivity contribution in [2.45, 2.75) is 6.54 Å². The predicted molar refractivity (Wildman–Crippen MR) is 48.6 cm³/mol. The standard InChI is InChI=1S/C9H11ClFN/c1-12(7-10)6-8-4-2-3-5-9(8)11/h2-5H,6-7H2,1H3. The normalized spacial score (nSPS) is 10.7. The van der Waals surface area contributed by atoms with Crippen molar-refractivity contribution in [3.05, 3.63) is 35.6 Å². The molecule has 0 saturated carbocycles. The topological polar surface area (TPSA) is 3.24 Å². The lowest BCUT2D eigenvalue weighted by atomic mass is 10.2. The average molecular weight is 188 g/mol. The van der Waals surface area contributed by atoms with Crippen LogP contribution in [-0.2, 0) is 6.54 Å². The van der Waals surface area contributed by atoms with Crippen molar-refractivity contribution in [3.63, 3.8) is 0 Å². The summed E-state index contributed by atoms with van der Waals surface area (Å²) < 4.78 is 13.0. The van der Waals surface area contributed by atoms with Crippen LogP contribution in [0, 0.1) is 5.82 Å². The van der Waals surface area contributed by atoms with Gasteiger partial charge in [-0.15, -0.1) is 11.6 Å². The van der Waals surface area contributed by atoms with Gasteiger partial charge in [0.2, 0.25) is 0 Å². The summed E-state index contributed by atoms with van der Waals surface area (Å²) in [4.78, 5) is 1.83. The van der Waals surface area contributed by atoms with Crippen LogP contribution < -0.4 is 0 Å². The van der Waals surface area contributed by atoms with Gasteiger partial charge < -0.3 is 0 Å². The van der Waals surface area contributed by atoms with Crippen LogP contribution in [0.15, 0.2) is 24.3 Å². The Morgan fingerprint density at radius 2 is 2.08 bits per heavy atom. The molecule has 0 atom stereocenters. The van der Waals surface area contributed by atoms with Crippen molar-refractivity contribution in [2.75, 3.05) is 13.1 Å². The molecule has 0 aliphatic carbocycles. The van der Waals surface area contributed by atoms with Crippen molar-refractivity contribution < 1.29 is 4.39 Å². The minimum atomic E-state index is -0.172. The smallest absolute Gasteiger partial charge is 0.127 e. The average Bonchev–Trinajstić information content (AvgIpc) is 2.09. The molecule has 0 saturated heterocycles. The Kier molecular flexibility index (Phi) is 3.50. The molecule has 66 valence electrons. The van der Waals surface area contributed by atoms with Crippen LogP contribution in [-0.4, -0.2) is 18.0 Å². The number of alkyl halides is 1. The van der Waals surface area contributed by atoms with Crippen LogP contribution in [0.25, 0.3) is 0 Å². The SMILES string of the molecule is CN(CCl)Cc1ccccc1F. The summed E-state index contributed by atoms with van der Waals surface area (Å²) in [5.74, 6) is -0.172. The monoisotopic (exact) mass is 187 g/mol. The zero-order chi connectivity index (χ0) is 8.97. The Balaban J connectivity index is 2.69. The highest BCUT2D eigenvalue weighted by Crippen LogP contribution is 2.08. The third-order valence-corrected chi connectivity index (χ3v) is 2.01. The van der Waals surface area contributed by atoms with Gasteiger partial charge in [0.1, 0.15) is 5.82 Å². The van der Waals surface area contributed by atoms with Gasteiger partial charge in [0, 0.05) is 12.1 Å². The van der Waals surface area contributed by atoms with Crippen LogP contribution in [0.5, 0.6) is 0 Å². The Hall–Kier alpha value is -0.600. The van der Waals surface area contributed by atoms with Gasteiger partial charge in [-0.3, -0.25) is 4.90 Å². The molecule has 0 bridgehead atoms. The lowest BCUT2D eigenvalue weighted by Gasteiger charge is -2.12.